The molecule has 1 fully saturated rings. The van der Waals surface area contributed by atoms with Crippen LogP contribution in [0.25, 0.3) is 0 Å². The van der Waals surface area contributed by atoms with Gasteiger partial charge in [-0.05, 0) is 25.1 Å². The van der Waals surface area contributed by atoms with Crippen LogP contribution in [-0.4, -0.2) is 53.6 Å². The van der Waals surface area contributed by atoms with Crippen molar-refractivity contribution in [3.05, 3.63) is 47.3 Å². The molecule has 1 aromatic carbocycles. The molecule has 1 saturated heterocycles. The van der Waals surface area contributed by atoms with E-state index in [4.69, 9.17) is 0 Å². The van der Waals surface area contributed by atoms with Gasteiger partial charge in [-0.1, -0.05) is 0 Å². The third kappa shape index (κ3) is 3.73. The summed E-state index contributed by atoms with van der Waals surface area (Å²) >= 11 is 0. The van der Waals surface area contributed by atoms with Gasteiger partial charge in [-0.2, -0.15) is 9.40 Å². The minimum absolute atomic E-state index is 0.219. The van der Waals surface area contributed by atoms with Gasteiger partial charge in [0.25, 0.3) is 0 Å². The Labute approximate surface area is 145 Å². The molecule has 0 aliphatic carbocycles. The quantitative estimate of drug-likeness (QED) is 0.819. The van der Waals surface area contributed by atoms with Crippen molar-refractivity contribution in [1.29, 1.82) is 0 Å². The second-order valence-electron chi connectivity index (χ2n) is 6.17. The molecule has 2 aromatic rings. The highest BCUT2D eigenvalue weighted by atomic mass is 32.2. The minimum atomic E-state index is -3.82. The lowest BCUT2D eigenvalue weighted by atomic mass is 10.2. The molecule has 6 nitrogen and oxygen atoms in total. The molecule has 0 amide bonds. The minimum Gasteiger partial charge on any atom is -0.296 e. The normalized spacial score (nSPS) is 17.1. The van der Waals surface area contributed by atoms with Gasteiger partial charge in [0.2, 0.25) is 10.0 Å². The molecule has 1 aliphatic heterocycles. The number of benzene rings is 1. The lowest BCUT2D eigenvalue weighted by Gasteiger charge is -2.33. The predicted octanol–water partition coefficient (Wildman–Crippen LogP) is 1.51. The summed E-state index contributed by atoms with van der Waals surface area (Å²) in [4.78, 5) is 1.93. The molecule has 2 heterocycles. The van der Waals surface area contributed by atoms with Crippen molar-refractivity contribution >= 4 is 10.0 Å². The average molecular weight is 370 g/mol. The Morgan fingerprint density at radius 3 is 2.36 bits per heavy atom. The number of hydrogen-bond donors (Lipinski definition) is 0. The second kappa shape index (κ2) is 6.81. The SMILES string of the molecule is Cc1nn(C)cc1CN1CCN(S(=O)(=O)c2ccc(F)c(F)c2)CC1. The average Bonchev–Trinajstić information content (AvgIpc) is 2.88. The number of hydrogen-bond acceptors (Lipinski definition) is 4. The molecule has 9 heteroatoms. The fourth-order valence-electron chi connectivity index (χ4n) is 2.96. The smallest absolute Gasteiger partial charge is 0.243 e. The Morgan fingerprint density at radius 1 is 1.12 bits per heavy atom. The Morgan fingerprint density at radius 2 is 1.80 bits per heavy atom. The number of halogens is 2. The maximum atomic E-state index is 13.3. The summed E-state index contributed by atoms with van der Waals surface area (Å²) in [6.45, 7) is 4.40. The van der Waals surface area contributed by atoms with Crippen molar-refractivity contribution in [3.8, 4) is 0 Å². The predicted molar refractivity (Wildman–Crippen MR) is 88.3 cm³/mol. The first-order valence-electron chi connectivity index (χ1n) is 7.94. The third-order valence-electron chi connectivity index (χ3n) is 4.37. The second-order valence-corrected chi connectivity index (χ2v) is 8.11. The molecule has 0 atom stereocenters. The first kappa shape index (κ1) is 18.0. The molecule has 0 spiro atoms. The third-order valence-corrected chi connectivity index (χ3v) is 6.26. The molecular formula is C16H20F2N4O2S. The van der Waals surface area contributed by atoms with Crippen LogP contribution in [0, 0.1) is 18.6 Å². The Balaban J connectivity index is 1.66. The molecule has 0 unspecified atom stereocenters. The van der Waals surface area contributed by atoms with Crippen molar-refractivity contribution in [2.75, 3.05) is 26.2 Å². The fraction of sp³-hybridized carbons (Fsp3) is 0.438. The highest BCUT2D eigenvalue weighted by Gasteiger charge is 2.29. The van der Waals surface area contributed by atoms with Crippen molar-refractivity contribution in [2.45, 2.75) is 18.4 Å². The zero-order valence-corrected chi connectivity index (χ0v) is 14.9. The van der Waals surface area contributed by atoms with E-state index < -0.39 is 21.7 Å². The first-order chi connectivity index (χ1) is 11.8. The van der Waals surface area contributed by atoms with E-state index in [0.29, 0.717) is 32.7 Å². The van der Waals surface area contributed by atoms with E-state index in [-0.39, 0.29) is 4.90 Å². The number of nitrogens with zero attached hydrogens (tertiary/aromatic N) is 4. The topological polar surface area (TPSA) is 58.4 Å². The van der Waals surface area contributed by atoms with Crippen molar-refractivity contribution < 1.29 is 17.2 Å². The standard InChI is InChI=1S/C16H20F2N4O2S/c1-12-13(10-20(2)19-12)11-21-5-7-22(8-6-21)25(23,24)14-3-4-15(17)16(18)9-14/h3-4,9-10H,5-8,11H2,1-2H3. The Kier molecular flexibility index (Phi) is 4.90. The highest BCUT2D eigenvalue weighted by molar-refractivity contribution is 7.89. The monoisotopic (exact) mass is 370 g/mol. The lowest BCUT2D eigenvalue weighted by molar-refractivity contribution is 0.181. The van der Waals surface area contributed by atoms with Gasteiger partial charge in [0.1, 0.15) is 0 Å². The van der Waals surface area contributed by atoms with E-state index in [2.05, 4.69) is 10.00 Å². The maximum Gasteiger partial charge on any atom is 0.243 e. The Hall–Kier alpha value is -1.84. The summed E-state index contributed by atoms with van der Waals surface area (Å²) in [5.74, 6) is -2.22. The summed E-state index contributed by atoms with van der Waals surface area (Å²) in [5.41, 5.74) is 2.07. The molecule has 0 saturated carbocycles. The van der Waals surface area contributed by atoms with Gasteiger partial charge in [-0.25, -0.2) is 17.2 Å². The van der Waals surface area contributed by atoms with Gasteiger partial charge in [0.05, 0.1) is 10.6 Å². The van der Waals surface area contributed by atoms with Crippen molar-refractivity contribution in [1.82, 2.24) is 19.0 Å². The molecule has 1 aromatic heterocycles. The van der Waals surface area contributed by atoms with Gasteiger partial charge in [0.15, 0.2) is 11.6 Å². The van der Waals surface area contributed by atoms with Crippen LogP contribution >= 0.6 is 0 Å². The van der Waals surface area contributed by atoms with Crippen LogP contribution in [0.4, 0.5) is 8.78 Å². The van der Waals surface area contributed by atoms with E-state index >= 15 is 0 Å². The number of aryl methyl sites for hydroxylation is 2. The zero-order valence-electron chi connectivity index (χ0n) is 14.1. The molecule has 136 valence electrons. The maximum absolute atomic E-state index is 13.3. The number of rotatable bonds is 4. The van der Waals surface area contributed by atoms with Crippen LogP contribution in [0.3, 0.4) is 0 Å². The van der Waals surface area contributed by atoms with Crippen LogP contribution in [0.15, 0.2) is 29.3 Å². The lowest BCUT2D eigenvalue weighted by Crippen LogP contribution is -2.48. The van der Waals surface area contributed by atoms with Crippen LogP contribution in [0.2, 0.25) is 0 Å². The van der Waals surface area contributed by atoms with Gasteiger partial charge >= 0.3 is 0 Å². The van der Waals surface area contributed by atoms with Crippen LogP contribution in [-0.2, 0) is 23.6 Å². The molecule has 0 radical (unpaired) electrons. The van der Waals surface area contributed by atoms with Gasteiger partial charge in [-0.15, -0.1) is 0 Å². The number of sulfonamides is 1. The molecular weight excluding hydrogens is 350 g/mol. The van der Waals surface area contributed by atoms with Crippen LogP contribution < -0.4 is 0 Å². The fourth-order valence-corrected chi connectivity index (χ4v) is 4.39. The van der Waals surface area contributed by atoms with Gasteiger partial charge in [0, 0.05) is 51.5 Å². The number of piperazine rings is 1. The summed E-state index contributed by atoms with van der Waals surface area (Å²) in [5, 5.41) is 4.30. The first-order valence-corrected chi connectivity index (χ1v) is 9.38. The van der Waals surface area contributed by atoms with E-state index in [0.717, 1.165) is 29.5 Å². The van der Waals surface area contributed by atoms with Gasteiger partial charge in [-0.3, -0.25) is 9.58 Å². The largest absolute Gasteiger partial charge is 0.296 e. The highest BCUT2D eigenvalue weighted by Crippen LogP contribution is 2.20. The van der Waals surface area contributed by atoms with E-state index in [1.54, 1.807) is 4.68 Å². The van der Waals surface area contributed by atoms with E-state index in [9.17, 15) is 17.2 Å². The summed E-state index contributed by atoms with van der Waals surface area (Å²) in [6, 6.07) is 2.67. The molecule has 0 bridgehead atoms. The van der Waals surface area contributed by atoms with E-state index in [1.807, 2.05) is 20.2 Å². The van der Waals surface area contributed by atoms with Crippen LogP contribution in [0.5, 0.6) is 0 Å². The van der Waals surface area contributed by atoms with Crippen molar-refractivity contribution in [3.63, 3.8) is 0 Å². The molecule has 1 aliphatic rings. The van der Waals surface area contributed by atoms with Gasteiger partial charge < -0.3 is 0 Å². The van der Waals surface area contributed by atoms with Crippen LogP contribution in [0.1, 0.15) is 11.3 Å². The molecule has 25 heavy (non-hydrogen) atoms. The summed E-state index contributed by atoms with van der Waals surface area (Å²) in [6.07, 6.45) is 1.96. The molecule has 3 rings (SSSR count). The summed E-state index contributed by atoms with van der Waals surface area (Å²) < 4.78 is 54.6. The van der Waals surface area contributed by atoms with Crippen molar-refractivity contribution in [2.24, 2.45) is 7.05 Å². The Bertz CT molecular complexity index is 874. The zero-order chi connectivity index (χ0) is 18.2. The number of aromatic nitrogens is 2. The summed E-state index contributed by atoms with van der Waals surface area (Å²) in [7, 11) is -1.95. The van der Waals surface area contributed by atoms with E-state index in [1.165, 1.54) is 4.31 Å². The molecule has 0 N–H and O–H groups in total.